The number of aliphatic hydroxyl groups excluding tert-OH is 1. The third-order valence-electron chi connectivity index (χ3n) is 6.76. The molecule has 0 spiro atoms. The van der Waals surface area contributed by atoms with Crippen LogP contribution in [0.2, 0.25) is 10.0 Å². The summed E-state index contributed by atoms with van der Waals surface area (Å²) in [5.41, 5.74) is 5.59. The Labute approximate surface area is 267 Å². The number of halogens is 2. The van der Waals surface area contributed by atoms with Crippen molar-refractivity contribution in [2.75, 3.05) is 13.2 Å². The molecule has 9 nitrogen and oxygen atoms in total. The van der Waals surface area contributed by atoms with Crippen LogP contribution in [0.1, 0.15) is 62.8 Å². The SMILES string of the molecule is CC(C)(C)OC(=O)CC[C@]1(C(=O)NNCc2ccc(Cl)cc2Cl)N=C(c2ccc(OCCCO)cc2)O[C@H]1c1ccccc1. The van der Waals surface area contributed by atoms with E-state index < -0.39 is 29.1 Å². The number of ether oxygens (including phenoxy) is 3. The molecule has 1 aliphatic heterocycles. The maximum atomic E-state index is 14.1. The summed E-state index contributed by atoms with van der Waals surface area (Å²) in [7, 11) is 0. The molecule has 1 aliphatic rings. The Morgan fingerprint density at radius 1 is 1.05 bits per heavy atom. The number of nitrogens with zero attached hydrogens (tertiary/aromatic N) is 1. The molecule has 11 heteroatoms. The second kappa shape index (κ2) is 14.9. The zero-order valence-corrected chi connectivity index (χ0v) is 26.5. The van der Waals surface area contributed by atoms with E-state index in [4.69, 9.17) is 47.5 Å². The van der Waals surface area contributed by atoms with Crippen molar-refractivity contribution in [3.63, 3.8) is 0 Å². The first-order chi connectivity index (χ1) is 21.0. The van der Waals surface area contributed by atoms with Crippen LogP contribution in [0.4, 0.5) is 0 Å². The molecule has 2 atom stereocenters. The van der Waals surface area contributed by atoms with E-state index in [1.54, 1.807) is 63.2 Å². The molecule has 0 saturated heterocycles. The zero-order valence-electron chi connectivity index (χ0n) is 24.9. The van der Waals surface area contributed by atoms with E-state index in [1.807, 2.05) is 30.3 Å². The maximum Gasteiger partial charge on any atom is 0.306 e. The third kappa shape index (κ3) is 8.72. The number of amides is 1. The highest BCUT2D eigenvalue weighted by Gasteiger charge is 2.53. The molecule has 0 radical (unpaired) electrons. The van der Waals surface area contributed by atoms with Crippen LogP contribution >= 0.6 is 23.2 Å². The first kappa shape index (κ1) is 33.3. The smallest absolute Gasteiger partial charge is 0.306 e. The quantitative estimate of drug-likeness (QED) is 0.120. The molecule has 4 rings (SSSR count). The fraction of sp³-hybridized carbons (Fsp3) is 0.364. The van der Waals surface area contributed by atoms with Crippen molar-refractivity contribution < 1.29 is 28.9 Å². The number of carbonyl (C=O) groups is 2. The van der Waals surface area contributed by atoms with Crippen molar-refractivity contribution in [1.29, 1.82) is 0 Å². The van der Waals surface area contributed by atoms with Gasteiger partial charge in [-0.15, -0.1) is 0 Å². The largest absolute Gasteiger partial charge is 0.494 e. The Morgan fingerprint density at radius 3 is 2.43 bits per heavy atom. The van der Waals surface area contributed by atoms with Gasteiger partial charge in [0.2, 0.25) is 5.90 Å². The van der Waals surface area contributed by atoms with Crippen LogP contribution in [0.15, 0.2) is 77.8 Å². The van der Waals surface area contributed by atoms with Gasteiger partial charge < -0.3 is 19.3 Å². The van der Waals surface area contributed by atoms with Crippen LogP contribution in [0.5, 0.6) is 5.75 Å². The van der Waals surface area contributed by atoms with Crippen molar-refractivity contribution in [1.82, 2.24) is 10.9 Å². The number of hydrogen-bond donors (Lipinski definition) is 3. The molecular weight excluding hydrogens is 605 g/mol. The highest BCUT2D eigenvalue weighted by molar-refractivity contribution is 6.35. The summed E-state index contributed by atoms with van der Waals surface area (Å²) in [6.45, 7) is 6.01. The van der Waals surface area contributed by atoms with Gasteiger partial charge in [-0.25, -0.2) is 10.4 Å². The number of benzene rings is 3. The molecule has 3 aromatic carbocycles. The minimum absolute atomic E-state index is 0.0164. The van der Waals surface area contributed by atoms with Crippen LogP contribution in [-0.2, 0) is 25.6 Å². The molecule has 0 aromatic heterocycles. The monoisotopic (exact) mass is 641 g/mol. The number of nitrogens with one attached hydrogen (secondary N) is 2. The van der Waals surface area contributed by atoms with Crippen LogP contribution in [-0.4, -0.2) is 47.2 Å². The lowest BCUT2D eigenvalue weighted by atomic mass is 9.83. The summed E-state index contributed by atoms with van der Waals surface area (Å²) in [5, 5.41) is 9.98. The summed E-state index contributed by atoms with van der Waals surface area (Å²) in [4.78, 5) is 31.9. The number of aliphatic imine (C=N–C) groups is 1. The molecule has 1 amide bonds. The number of hydrazine groups is 1. The van der Waals surface area contributed by atoms with Gasteiger partial charge in [-0.2, -0.15) is 0 Å². The van der Waals surface area contributed by atoms with Crippen molar-refractivity contribution >= 4 is 41.0 Å². The fourth-order valence-electron chi connectivity index (χ4n) is 4.68. The van der Waals surface area contributed by atoms with Gasteiger partial charge in [-0.05, 0) is 74.7 Å². The lowest BCUT2D eigenvalue weighted by molar-refractivity contribution is -0.155. The van der Waals surface area contributed by atoms with Gasteiger partial charge in [-0.3, -0.25) is 15.0 Å². The third-order valence-corrected chi connectivity index (χ3v) is 7.35. The lowest BCUT2D eigenvalue weighted by Gasteiger charge is -2.31. The van der Waals surface area contributed by atoms with Gasteiger partial charge in [0.25, 0.3) is 5.91 Å². The second-order valence-electron chi connectivity index (χ2n) is 11.3. The molecule has 3 N–H and O–H groups in total. The predicted molar refractivity (Wildman–Crippen MR) is 170 cm³/mol. The molecule has 0 saturated carbocycles. The average molecular weight is 643 g/mol. The number of aliphatic hydroxyl groups is 1. The standard InChI is InChI=1S/C33H37Cl2N3O6/c1-32(2,3)44-28(40)16-17-33(31(41)38-36-21-24-10-13-25(34)20-27(24)35)29(22-8-5-4-6-9-22)43-30(37-33)23-11-14-26(15-12-23)42-19-7-18-39/h4-6,8-15,20,29,36,39H,7,16-19,21H2,1-3H3,(H,38,41)/t29-,33-/m0/s1. The van der Waals surface area contributed by atoms with Gasteiger partial charge in [0.15, 0.2) is 11.6 Å². The Kier molecular flexibility index (Phi) is 11.3. The van der Waals surface area contributed by atoms with Crippen LogP contribution in [0, 0.1) is 0 Å². The number of carbonyl (C=O) groups excluding carboxylic acids is 2. The van der Waals surface area contributed by atoms with E-state index in [2.05, 4.69) is 10.9 Å². The van der Waals surface area contributed by atoms with E-state index in [0.29, 0.717) is 34.4 Å². The highest BCUT2D eigenvalue weighted by atomic mass is 35.5. The summed E-state index contributed by atoms with van der Waals surface area (Å²) in [5.74, 6) is -0.0652. The van der Waals surface area contributed by atoms with Gasteiger partial charge in [0.1, 0.15) is 11.4 Å². The fourth-order valence-corrected chi connectivity index (χ4v) is 5.15. The van der Waals surface area contributed by atoms with Gasteiger partial charge in [0, 0.05) is 41.6 Å². The predicted octanol–water partition coefficient (Wildman–Crippen LogP) is 5.95. The molecule has 44 heavy (non-hydrogen) atoms. The molecule has 234 valence electrons. The van der Waals surface area contributed by atoms with Crippen molar-refractivity contribution in [2.24, 2.45) is 4.99 Å². The van der Waals surface area contributed by atoms with E-state index in [-0.39, 0.29) is 31.9 Å². The summed E-state index contributed by atoms with van der Waals surface area (Å²) >= 11 is 12.3. The van der Waals surface area contributed by atoms with Gasteiger partial charge in [0.05, 0.1) is 6.61 Å². The molecular formula is C33H37Cl2N3O6. The number of rotatable bonds is 13. The van der Waals surface area contributed by atoms with E-state index >= 15 is 0 Å². The summed E-state index contributed by atoms with van der Waals surface area (Å²) < 4.78 is 17.7. The highest BCUT2D eigenvalue weighted by Crippen LogP contribution is 2.43. The number of hydrogen-bond acceptors (Lipinski definition) is 8. The average Bonchev–Trinajstić information content (AvgIpc) is 3.38. The van der Waals surface area contributed by atoms with Crippen LogP contribution in [0.3, 0.4) is 0 Å². The van der Waals surface area contributed by atoms with Crippen molar-refractivity contribution in [3.8, 4) is 5.75 Å². The van der Waals surface area contributed by atoms with E-state index in [1.165, 1.54) is 0 Å². The minimum Gasteiger partial charge on any atom is -0.494 e. The van der Waals surface area contributed by atoms with Crippen molar-refractivity contribution in [2.45, 2.75) is 63.8 Å². The normalized spacial score (nSPS) is 17.9. The molecule has 1 heterocycles. The Bertz CT molecular complexity index is 1460. The number of esters is 1. The molecule has 0 bridgehead atoms. The van der Waals surface area contributed by atoms with E-state index in [9.17, 15) is 9.59 Å². The topological polar surface area (TPSA) is 118 Å². The lowest BCUT2D eigenvalue weighted by Crippen LogP contribution is -2.52. The Hall–Kier alpha value is -3.63. The Balaban J connectivity index is 1.66. The van der Waals surface area contributed by atoms with Crippen LogP contribution < -0.4 is 15.6 Å². The van der Waals surface area contributed by atoms with Crippen LogP contribution in [0.25, 0.3) is 0 Å². The first-order valence-electron chi connectivity index (χ1n) is 14.4. The zero-order chi connectivity index (χ0) is 31.7. The van der Waals surface area contributed by atoms with Gasteiger partial charge in [-0.1, -0.05) is 59.6 Å². The first-order valence-corrected chi connectivity index (χ1v) is 15.1. The molecule has 3 aromatic rings. The maximum absolute atomic E-state index is 14.1. The van der Waals surface area contributed by atoms with Crippen molar-refractivity contribution in [3.05, 3.63) is 99.5 Å². The Morgan fingerprint density at radius 2 is 1.77 bits per heavy atom. The van der Waals surface area contributed by atoms with Gasteiger partial charge >= 0.3 is 5.97 Å². The second-order valence-corrected chi connectivity index (χ2v) is 12.2. The molecule has 0 aliphatic carbocycles. The molecule has 0 unspecified atom stereocenters. The summed E-state index contributed by atoms with van der Waals surface area (Å²) in [6, 6.07) is 21.5. The summed E-state index contributed by atoms with van der Waals surface area (Å²) in [6.07, 6.45) is -0.385. The van der Waals surface area contributed by atoms with E-state index in [0.717, 1.165) is 11.1 Å². The minimum atomic E-state index is -1.53. The molecule has 0 fully saturated rings.